The summed E-state index contributed by atoms with van der Waals surface area (Å²) in [6, 6.07) is 18.7. The molecule has 0 saturated carbocycles. The summed E-state index contributed by atoms with van der Waals surface area (Å²) in [6.45, 7) is 3.50. The van der Waals surface area contributed by atoms with Gasteiger partial charge in [-0.2, -0.15) is 0 Å². The van der Waals surface area contributed by atoms with E-state index in [2.05, 4.69) is 48.7 Å². The summed E-state index contributed by atoms with van der Waals surface area (Å²) in [5.41, 5.74) is 2.62. The number of rotatable bonds is 2. The Kier molecular flexibility index (Phi) is 2.60. The normalized spacial score (nSPS) is 10.2. The summed E-state index contributed by atoms with van der Waals surface area (Å²) in [4.78, 5) is 0. The third-order valence-electron chi connectivity index (χ3n) is 2.98. The Morgan fingerprint density at radius 2 is 1.61 bits per heavy atom. The predicted octanol–water partition coefficient (Wildman–Crippen LogP) is 4.67. The molecule has 0 amide bonds. The SMILES string of the molecule is C=C=COc1cccc2cc3ccccc3cc12. The molecule has 0 N–H and O–H groups in total. The molecule has 86 valence electrons. The van der Waals surface area contributed by atoms with Crippen LogP contribution in [0.3, 0.4) is 0 Å². The van der Waals surface area contributed by atoms with Crippen LogP contribution >= 0.6 is 0 Å². The molecule has 1 nitrogen and oxygen atoms in total. The Hall–Kier alpha value is -2.50. The van der Waals surface area contributed by atoms with Crippen LogP contribution in [-0.4, -0.2) is 0 Å². The van der Waals surface area contributed by atoms with E-state index < -0.39 is 0 Å². The maximum atomic E-state index is 5.52. The fourth-order valence-corrected chi connectivity index (χ4v) is 2.15. The van der Waals surface area contributed by atoms with Gasteiger partial charge in [-0.15, -0.1) is 0 Å². The van der Waals surface area contributed by atoms with Crippen LogP contribution in [0.25, 0.3) is 21.5 Å². The van der Waals surface area contributed by atoms with Gasteiger partial charge in [0.2, 0.25) is 0 Å². The van der Waals surface area contributed by atoms with Gasteiger partial charge in [0.15, 0.2) is 0 Å². The van der Waals surface area contributed by atoms with Gasteiger partial charge in [0.05, 0.1) is 0 Å². The van der Waals surface area contributed by atoms with Crippen molar-refractivity contribution in [2.75, 3.05) is 0 Å². The van der Waals surface area contributed by atoms with Crippen LogP contribution in [0.5, 0.6) is 5.75 Å². The molecule has 0 bridgehead atoms. The lowest BCUT2D eigenvalue weighted by Gasteiger charge is -2.06. The van der Waals surface area contributed by atoms with Gasteiger partial charge in [-0.1, -0.05) is 48.7 Å². The van der Waals surface area contributed by atoms with Crippen molar-refractivity contribution in [2.45, 2.75) is 0 Å². The monoisotopic (exact) mass is 232 g/mol. The molecule has 1 heteroatoms. The molecule has 0 aliphatic heterocycles. The van der Waals surface area contributed by atoms with Gasteiger partial charge < -0.3 is 4.74 Å². The average molecular weight is 232 g/mol. The molecule has 0 unspecified atom stereocenters. The summed E-state index contributed by atoms with van der Waals surface area (Å²) >= 11 is 0. The number of hydrogen-bond acceptors (Lipinski definition) is 1. The van der Waals surface area contributed by atoms with E-state index in [1.807, 2.05) is 18.2 Å². The summed E-state index contributed by atoms with van der Waals surface area (Å²) < 4.78 is 5.52. The lowest BCUT2D eigenvalue weighted by atomic mass is 10.0. The van der Waals surface area contributed by atoms with Gasteiger partial charge in [-0.05, 0) is 34.4 Å². The van der Waals surface area contributed by atoms with Crippen molar-refractivity contribution >= 4 is 21.5 Å². The van der Waals surface area contributed by atoms with Crippen molar-refractivity contribution in [1.29, 1.82) is 0 Å². The van der Waals surface area contributed by atoms with Gasteiger partial charge in [-0.25, -0.2) is 0 Å². The largest absolute Gasteiger partial charge is 0.456 e. The van der Waals surface area contributed by atoms with Crippen molar-refractivity contribution in [3.05, 3.63) is 73.2 Å². The first-order chi connectivity index (χ1) is 8.88. The van der Waals surface area contributed by atoms with E-state index in [0.29, 0.717) is 0 Å². The molecule has 3 aromatic carbocycles. The zero-order chi connectivity index (χ0) is 12.4. The fraction of sp³-hybridized carbons (Fsp3) is 0. The van der Waals surface area contributed by atoms with Crippen molar-refractivity contribution in [3.8, 4) is 5.75 Å². The number of fused-ring (bicyclic) bond motifs is 2. The lowest BCUT2D eigenvalue weighted by molar-refractivity contribution is 0.488. The summed E-state index contributed by atoms with van der Waals surface area (Å²) in [5, 5.41) is 4.72. The number of ether oxygens (including phenoxy) is 1. The van der Waals surface area contributed by atoms with E-state index in [-0.39, 0.29) is 0 Å². The minimum atomic E-state index is 0.828. The van der Waals surface area contributed by atoms with E-state index in [1.165, 1.54) is 22.4 Å². The smallest absolute Gasteiger partial charge is 0.135 e. The summed E-state index contributed by atoms with van der Waals surface area (Å²) in [6.07, 6.45) is 1.48. The van der Waals surface area contributed by atoms with Crippen LogP contribution in [0.1, 0.15) is 0 Å². The standard InChI is InChI=1S/C17H12O/c1-2-10-18-17-9-5-8-15-11-13-6-3-4-7-14(13)12-16(15)17/h3-12H,1H2. The Morgan fingerprint density at radius 1 is 0.889 bits per heavy atom. The summed E-state index contributed by atoms with van der Waals surface area (Å²) in [5.74, 6) is 0.828. The first kappa shape index (κ1) is 10.6. The van der Waals surface area contributed by atoms with Gasteiger partial charge in [-0.3, -0.25) is 0 Å². The quantitative estimate of drug-likeness (QED) is 0.354. The molecule has 3 aromatic rings. The van der Waals surface area contributed by atoms with E-state index in [4.69, 9.17) is 4.74 Å². The van der Waals surface area contributed by atoms with E-state index >= 15 is 0 Å². The topological polar surface area (TPSA) is 9.23 Å². The molecule has 0 saturated heterocycles. The van der Waals surface area contributed by atoms with Gasteiger partial charge in [0, 0.05) is 5.39 Å². The number of benzene rings is 3. The minimum Gasteiger partial charge on any atom is -0.456 e. The van der Waals surface area contributed by atoms with Crippen molar-refractivity contribution < 1.29 is 4.74 Å². The van der Waals surface area contributed by atoms with E-state index in [1.54, 1.807) is 0 Å². The zero-order valence-electron chi connectivity index (χ0n) is 9.89. The summed E-state index contributed by atoms with van der Waals surface area (Å²) in [7, 11) is 0. The molecule has 0 atom stereocenters. The van der Waals surface area contributed by atoms with E-state index in [0.717, 1.165) is 11.1 Å². The highest BCUT2D eigenvalue weighted by molar-refractivity contribution is 6.00. The second kappa shape index (κ2) is 4.40. The molecule has 0 aliphatic rings. The molecule has 0 heterocycles. The van der Waals surface area contributed by atoms with Crippen LogP contribution in [0, 0.1) is 0 Å². The first-order valence-electron chi connectivity index (χ1n) is 5.81. The molecule has 0 aromatic heterocycles. The minimum absolute atomic E-state index is 0.828. The Morgan fingerprint density at radius 3 is 2.39 bits per heavy atom. The molecular weight excluding hydrogens is 220 g/mol. The highest BCUT2D eigenvalue weighted by atomic mass is 16.5. The second-order valence-electron chi connectivity index (χ2n) is 4.12. The molecule has 18 heavy (non-hydrogen) atoms. The zero-order valence-corrected chi connectivity index (χ0v) is 9.89. The maximum Gasteiger partial charge on any atom is 0.135 e. The molecule has 3 rings (SSSR count). The van der Waals surface area contributed by atoms with Crippen LogP contribution in [0.4, 0.5) is 0 Å². The van der Waals surface area contributed by atoms with Gasteiger partial charge >= 0.3 is 0 Å². The average Bonchev–Trinajstić information content (AvgIpc) is 2.43. The molecule has 0 spiro atoms. The van der Waals surface area contributed by atoms with Crippen molar-refractivity contribution in [3.63, 3.8) is 0 Å². The van der Waals surface area contributed by atoms with Crippen LogP contribution in [0.2, 0.25) is 0 Å². The number of hydrogen-bond donors (Lipinski definition) is 0. The third-order valence-corrected chi connectivity index (χ3v) is 2.98. The first-order valence-corrected chi connectivity index (χ1v) is 5.81. The van der Waals surface area contributed by atoms with E-state index in [9.17, 15) is 0 Å². The van der Waals surface area contributed by atoms with Crippen molar-refractivity contribution in [1.82, 2.24) is 0 Å². The highest BCUT2D eigenvalue weighted by Crippen LogP contribution is 2.29. The predicted molar refractivity (Wildman–Crippen MR) is 75.8 cm³/mol. The van der Waals surface area contributed by atoms with Crippen molar-refractivity contribution in [2.24, 2.45) is 0 Å². The Balaban J connectivity index is 2.32. The lowest BCUT2D eigenvalue weighted by Crippen LogP contribution is -1.84. The van der Waals surface area contributed by atoms with Crippen LogP contribution < -0.4 is 4.74 Å². The van der Waals surface area contributed by atoms with Gasteiger partial charge in [0.1, 0.15) is 12.0 Å². The molecule has 0 aliphatic carbocycles. The highest BCUT2D eigenvalue weighted by Gasteiger charge is 2.02. The van der Waals surface area contributed by atoms with Crippen LogP contribution in [-0.2, 0) is 0 Å². The fourth-order valence-electron chi connectivity index (χ4n) is 2.15. The maximum absolute atomic E-state index is 5.52. The Bertz CT molecular complexity index is 765. The third kappa shape index (κ3) is 1.77. The van der Waals surface area contributed by atoms with Gasteiger partial charge in [0.25, 0.3) is 0 Å². The molecule has 0 fully saturated rings. The van der Waals surface area contributed by atoms with Crippen LogP contribution in [0.15, 0.2) is 73.2 Å². The second-order valence-corrected chi connectivity index (χ2v) is 4.12. The Labute approximate surface area is 106 Å². The molecular formula is C17H12O. The molecule has 0 radical (unpaired) electrons.